The summed E-state index contributed by atoms with van der Waals surface area (Å²) in [5, 5.41) is 0. The smallest absolute Gasteiger partial charge is 0.0238 e. The minimum absolute atomic E-state index is 0.692. The lowest BCUT2D eigenvalue weighted by Gasteiger charge is -2.22. The Balaban J connectivity index is 2.08. The molecule has 20 heavy (non-hydrogen) atoms. The van der Waals surface area contributed by atoms with E-state index in [4.69, 9.17) is 5.73 Å². The lowest BCUT2D eigenvalue weighted by Crippen LogP contribution is -2.28. The average Bonchev–Trinajstić information content (AvgIpc) is 2.39. The minimum atomic E-state index is 0.692. The molecule has 0 spiro atoms. The molecule has 0 aliphatic rings. The Kier molecular flexibility index (Phi) is 5.33. The number of hydrogen-bond acceptors (Lipinski definition) is 2. The number of nitrogens with zero attached hydrogens (tertiary/aromatic N) is 1. The first kappa shape index (κ1) is 14.8. The highest BCUT2D eigenvalue weighted by molar-refractivity contribution is 5.28. The van der Waals surface area contributed by atoms with E-state index in [1.54, 1.807) is 0 Å². The molecule has 0 aromatic heterocycles. The molecule has 0 fully saturated rings. The molecule has 0 amide bonds. The van der Waals surface area contributed by atoms with Crippen LogP contribution in [-0.2, 0) is 13.1 Å². The summed E-state index contributed by atoms with van der Waals surface area (Å²) in [6, 6.07) is 17.3. The van der Waals surface area contributed by atoms with E-state index in [-0.39, 0.29) is 0 Å². The Morgan fingerprint density at radius 1 is 0.850 bits per heavy atom. The van der Waals surface area contributed by atoms with Crippen LogP contribution in [0.1, 0.15) is 22.3 Å². The maximum absolute atomic E-state index is 5.75. The molecule has 0 radical (unpaired) electrons. The van der Waals surface area contributed by atoms with Gasteiger partial charge in [0, 0.05) is 26.2 Å². The second kappa shape index (κ2) is 7.22. The molecule has 2 heteroatoms. The number of nitrogens with two attached hydrogens (primary N) is 1. The van der Waals surface area contributed by atoms with Gasteiger partial charge in [-0.05, 0) is 25.0 Å². The number of hydrogen-bond donors (Lipinski definition) is 1. The first-order valence-corrected chi connectivity index (χ1v) is 7.21. The van der Waals surface area contributed by atoms with Crippen LogP contribution < -0.4 is 5.73 Å². The molecule has 0 unspecified atom stereocenters. The average molecular weight is 268 g/mol. The van der Waals surface area contributed by atoms with Crippen LogP contribution >= 0.6 is 0 Å². The molecule has 2 nitrogen and oxygen atoms in total. The largest absolute Gasteiger partial charge is 0.329 e. The van der Waals surface area contributed by atoms with Crippen LogP contribution in [0.25, 0.3) is 0 Å². The van der Waals surface area contributed by atoms with Crippen molar-refractivity contribution in [2.45, 2.75) is 26.9 Å². The van der Waals surface area contributed by atoms with Crippen molar-refractivity contribution in [1.82, 2.24) is 4.90 Å². The van der Waals surface area contributed by atoms with Gasteiger partial charge in [0.15, 0.2) is 0 Å². The maximum atomic E-state index is 5.75. The second-order valence-corrected chi connectivity index (χ2v) is 5.48. The first-order chi connectivity index (χ1) is 9.67. The number of aryl methyl sites for hydroxylation is 2. The van der Waals surface area contributed by atoms with Crippen molar-refractivity contribution in [3.63, 3.8) is 0 Å². The van der Waals surface area contributed by atoms with Crippen molar-refractivity contribution in [2.24, 2.45) is 5.73 Å². The van der Waals surface area contributed by atoms with E-state index in [9.17, 15) is 0 Å². The summed E-state index contributed by atoms with van der Waals surface area (Å²) in [6.07, 6.45) is 0. The van der Waals surface area contributed by atoms with Crippen molar-refractivity contribution in [3.05, 3.63) is 70.8 Å². The third-order valence-corrected chi connectivity index (χ3v) is 3.38. The summed E-state index contributed by atoms with van der Waals surface area (Å²) < 4.78 is 0. The summed E-state index contributed by atoms with van der Waals surface area (Å²) in [5.41, 5.74) is 11.1. The monoisotopic (exact) mass is 268 g/mol. The van der Waals surface area contributed by atoms with Gasteiger partial charge in [0.2, 0.25) is 0 Å². The predicted octanol–water partition coefficient (Wildman–Crippen LogP) is 3.26. The van der Waals surface area contributed by atoms with E-state index >= 15 is 0 Å². The lowest BCUT2D eigenvalue weighted by molar-refractivity contribution is 0.264. The zero-order valence-corrected chi connectivity index (χ0v) is 12.5. The van der Waals surface area contributed by atoms with Gasteiger partial charge in [-0.3, -0.25) is 4.90 Å². The quantitative estimate of drug-likeness (QED) is 0.871. The predicted molar refractivity (Wildman–Crippen MR) is 85.5 cm³/mol. The Labute approximate surface area is 122 Å². The van der Waals surface area contributed by atoms with Crippen molar-refractivity contribution >= 4 is 0 Å². The SMILES string of the molecule is Cc1cc(C)cc(CN(CCN)Cc2ccccc2)c1. The van der Waals surface area contributed by atoms with Crippen LogP contribution in [0, 0.1) is 13.8 Å². The van der Waals surface area contributed by atoms with E-state index in [0.29, 0.717) is 6.54 Å². The minimum Gasteiger partial charge on any atom is -0.329 e. The molecule has 0 aliphatic heterocycles. The van der Waals surface area contributed by atoms with Crippen LogP contribution in [0.3, 0.4) is 0 Å². The van der Waals surface area contributed by atoms with E-state index in [1.807, 2.05) is 0 Å². The van der Waals surface area contributed by atoms with Crippen molar-refractivity contribution in [1.29, 1.82) is 0 Å². The topological polar surface area (TPSA) is 29.3 Å². The van der Waals surface area contributed by atoms with Crippen molar-refractivity contribution in [3.8, 4) is 0 Å². The molecular weight excluding hydrogens is 244 g/mol. The van der Waals surface area contributed by atoms with E-state index < -0.39 is 0 Å². The third kappa shape index (κ3) is 4.48. The zero-order chi connectivity index (χ0) is 14.4. The first-order valence-electron chi connectivity index (χ1n) is 7.21. The Morgan fingerprint density at radius 2 is 1.45 bits per heavy atom. The summed E-state index contributed by atoms with van der Waals surface area (Å²) >= 11 is 0. The second-order valence-electron chi connectivity index (χ2n) is 5.48. The summed E-state index contributed by atoms with van der Waals surface area (Å²) in [5.74, 6) is 0. The molecular formula is C18H24N2. The third-order valence-electron chi connectivity index (χ3n) is 3.38. The van der Waals surface area contributed by atoms with Crippen LogP contribution in [0.15, 0.2) is 48.5 Å². The van der Waals surface area contributed by atoms with Gasteiger partial charge in [0.25, 0.3) is 0 Å². The molecule has 106 valence electrons. The van der Waals surface area contributed by atoms with Gasteiger partial charge in [-0.25, -0.2) is 0 Å². The molecule has 0 heterocycles. The molecule has 2 N–H and O–H groups in total. The lowest BCUT2D eigenvalue weighted by atomic mass is 10.1. The van der Waals surface area contributed by atoms with Crippen LogP contribution in [-0.4, -0.2) is 18.0 Å². The van der Waals surface area contributed by atoms with Crippen LogP contribution in [0.2, 0.25) is 0 Å². The summed E-state index contributed by atoms with van der Waals surface area (Å²) in [7, 11) is 0. The number of rotatable bonds is 6. The van der Waals surface area contributed by atoms with E-state index in [0.717, 1.165) is 19.6 Å². The van der Waals surface area contributed by atoms with Gasteiger partial charge in [0.05, 0.1) is 0 Å². The Morgan fingerprint density at radius 3 is 2.05 bits per heavy atom. The van der Waals surface area contributed by atoms with Crippen molar-refractivity contribution in [2.75, 3.05) is 13.1 Å². The van der Waals surface area contributed by atoms with Gasteiger partial charge in [0.1, 0.15) is 0 Å². The molecule has 0 aliphatic carbocycles. The standard InChI is InChI=1S/C18H24N2/c1-15-10-16(2)12-18(11-15)14-20(9-8-19)13-17-6-4-3-5-7-17/h3-7,10-12H,8-9,13-14,19H2,1-2H3. The molecule has 2 rings (SSSR count). The molecule has 0 saturated carbocycles. The summed E-state index contributed by atoms with van der Waals surface area (Å²) in [6.45, 7) is 7.82. The van der Waals surface area contributed by atoms with Crippen LogP contribution in [0.4, 0.5) is 0 Å². The van der Waals surface area contributed by atoms with Gasteiger partial charge in [-0.1, -0.05) is 59.7 Å². The fourth-order valence-corrected chi connectivity index (χ4v) is 2.66. The van der Waals surface area contributed by atoms with Gasteiger partial charge in [-0.15, -0.1) is 0 Å². The highest BCUT2D eigenvalue weighted by atomic mass is 15.1. The fraction of sp³-hybridized carbons (Fsp3) is 0.333. The zero-order valence-electron chi connectivity index (χ0n) is 12.5. The van der Waals surface area contributed by atoms with E-state index in [1.165, 1.54) is 22.3 Å². The Bertz CT molecular complexity index is 514. The molecule has 0 atom stereocenters. The Hall–Kier alpha value is -1.64. The summed E-state index contributed by atoms with van der Waals surface area (Å²) in [4.78, 5) is 2.41. The normalized spacial score (nSPS) is 11.0. The highest BCUT2D eigenvalue weighted by Gasteiger charge is 2.07. The molecule has 2 aromatic rings. The van der Waals surface area contributed by atoms with Gasteiger partial charge >= 0.3 is 0 Å². The highest BCUT2D eigenvalue weighted by Crippen LogP contribution is 2.13. The van der Waals surface area contributed by atoms with Gasteiger partial charge < -0.3 is 5.73 Å². The van der Waals surface area contributed by atoms with Gasteiger partial charge in [-0.2, -0.15) is 0 Å². The van der Waals surface area contributed by atoms with Crippen LogP contribution in [0.5, 0.6) is 0 Å². The number of benzene rings is 2. The van der Waals surface area contributed by atoms with Crippen molar-refractivity contribution < 1.29 is 0 Å². The molecule has 2 aromatic carbocycles. The van der Waals surface area contributed by atoms with E-state index in [2.05, 4.69) is 67.3 Å². The molecule has 0 saturated heterocycles. The fourth-order valence-electron chi connectivity index (χ4n) is 2.66. The molecule has 0 bridgehead atoms. The maximum Gasteiger partial charge on any atom is 0.0238 e.